The minimum atomic E-state index is -3.94. The van der Waals surface area contributed by atoms with Crippen molar-refractivity contribution in [2.24, 2.45) is 5.92 Å². The van der Waals surface area contributed by atoms with Crippen LogP contribution in [0.1, 0.15) is 25.0 Å². The summed E-state index contributed by atoms with van der Waals surface area (Å²) in [6, 6.07) is 24.8. The molecule has 0 heterocycles. The molecule has 0 saturated carbocycles. The molecule has 3 rings (SSSR count). The van der Waals surface area contributed by atoms with E-state index in [4.69, 9.17) is 9.47 Å². The van der Waals surface area contributed by atoms with Crippen molar-refractivity contribution >= 4 is 16.1 Å². The van der Waals surface area contributed by atoms with E-state index in [1.54, 1.807) is 12.1 Å². The summed E-state index contributed by atoms with van der Waals surface area (Å²) in [6.45, 7) is 4.01. The van der Waals surface area contributed by atoms with Gasteiger partial charge in [0.2, 0.25) is 10.0 Å². The van der Waals surface area contributed by atoms with Crippen LogP contribution in [0.25, 0.3) is 0 Å². The predicted molar refractivity (Wildman–Crippen MR) is 146 cm³/mol. The molecule has 0 aliphatic carbocycles. The van der Waals surface area contributed by atoms with Crippen LogP contribution in [0.3, 0.4) is 0 Å². The van der Waals surface area contributed by atoms with Gasteiger partial charge in [-0.2, -0.15) is 4.31 Å². The summed E-state index contributed by atoms with van der Waals surface area (Å²) in [7, 11) is -2.43. The molecule has 3 aromatic rings. The Morgan fingerprint density at radius 3 is 2.03 bits per heavy atom. The number of rotatable bonds is 13. The number of carbonyl (C=O) groups excluding carboxylic acids is 1. The predicted octanol–water partition coefficient (Wildman–Crippen LogP) is 4.24. The van der Waals surface area contributed by atoms with E-state index in [0.717, 1.165) is 11.1 Å². The van der Waals surface area contributed by atoms with Crippen molar-refractivity contribution < 1.29 is 27.8 Å². The van der Waals surface area contributed by atoms with Crippen LogP contribution in [0.2, 0.25) is 0 Å². The van der Waals surface area contributed by atoms with E-state index in [9.17, 15) is 18.3 Å². The molecule has 0 aliphatic rings. The minimum Gasteiger partial charge on any atom is -0.497 e. The van der Waals surface area contributed by atoms with Crippen LogP contribution in [-0.4, -0.2) is 56.3 Å². The summed E-state index contributed by atoms with van der Waals surface area (Å²) in [4.78, 5) is 12.8. The number of nitrogens with zero attached hydrogens (tertiary/aromatic N) is 1. The van der Waals surface area contributed by atoms with Gasteiger partial charge in [0.05, 0.1) is 12.0 Å². The van der Waals surface area contributed by atoms with Crippen LogP contribution in [0, 0.1) is 5.92 Å². The largest absolute Gasteiger partial charge is 0.497 e. The molecule has 8 nitrogen and oxygen atoms in total. The van der Waals surface area contributed by atoms with Gasteiger partial charge in [0.1, 0.15) is 18.0 Å². The van der Waals surface area contributed by atoms with E-state index in [1.165, 1.54) is 23.5 Å². The lowest BCUT2D eigenvalue weighted by atomic mass is 10.0. The third kappa shape index (κ3) is 8.58. The zero-order valence-electron chi connectivity index (χ0n) is 22.0. The van der Waals surface area contributed by atoms with E-state index in [0.29, 0.717) is 5.75 Å². The van der Waals surface area contributed by atoms with Crippen LogP contribution in [0.5, 0.6) is 5.75 Å². The Kier molecular flexibility index (Phi) is 10.7. The highest BCUT2D eigenvalue weighted by atomic mass is 32.2. The molecule has 0 spiro atoms. The van der Waals surface area contributed by atoms with Crippen LogP contribution in [0.15, 0.2) is 89.8 Å². The van der Waals surface area contributed by atoms with Gasteiger partial charge in [0, 0.05) is 26.1 Å². The van der Waals surface area contributed by atoms with E-state index < -0.39 is 28.3 Å². The van der Waals surface area contributed by atoms with E-state index in [1.807, 2.05) is 74.5 Å². The Bertz CT molecular complexity index is 1240. The van der Waals surface area contributed by atoms with Crippen molar-refractivity contribution in [2.75, 3.05) is 20.2 Å². The molecule has 2 N–H and O–H groups in total. The van der Waals surface area contributed by atoms with Gasteiger partial charge in [-0.1, -0.05) is 74.5 Å². The maximum Gasteiger partial charge on any atom is 0.407 e. The molecule has 204 valence electrons. The van der Waals surface area contributed by atoms with Crippen molar-refractivity contribution in [2.45, 2.75) is 43.9 Å². The topological polar surface area (TPSA) is 105 Å². The number of sulfonamides is 1. The molecule has 0 aromatic heterocycles. The number of nitrogens with one attached hydrogen (secondary N) is 1. The summed E-state index contributed by atoms with van der Waals surface area (Å²) in [6.07, 6.45) is -2.72. The fourth-order valence-corrected chi connectivity index (χ4v) is 5.57. The Hall–Kier alpha value is -3.40. The third-order valence-corrected chi connectivity index (χ3v) is 7.75. The first-order valence-corrected chi connectivity index (χ1v) is 14.0. The molecule has 2 atom stereocenters. The number of hydrogen-bond donors (Lipinski definition) is 2. The summed E-state index contributed by atoms with van der Waals surface area (Å²) >= 11 is 0. The molecular formula is C29H36N2O6S. The molecule has 38 heavy (non-hydrogen) atoms. The van der Waals surface area contributed by atoms with Gasteiger partial charge in [-0.3, -0.25) is 0 Å². The molecule has 3 aromatic carbocycles. The van der Waals surface area contributed by atoms with Gasteiger partial charge >= 0.3 is 6.09 Å². The highest BCUT2D eigenvalue weighted by Gasteiger charge is 2.32. The quantitative estimate of drug-likeness (QED) is 0.336. The number of aliphatic hydroxyl groups is 1. The second kappa shape index (κ2) is 13.9. The van der Waals surface area contributed by atoms with Crippen LogP contribution in [0.4, 0.5) is 4.79 Å². The van der Waals surface area contributed by atoms with Crippen molar-refractivity contribution in [3.63, 3.8) is 0 Å². The van der Waals surface area contributed by atoms with E-state index in [-0.39, 0.29) is 36.9 Å². The number of ether oxygens (including phenoxy) is 2. The highest BCUT2D eigenvalue weighted by molar-refractivity contribution is 7.89. The first kappa shape index (κ1) is 29.2. The number of amides is 1. The normalized spacial score (nSPS) is 13.2. The number of aliphatic hydroxyl groups excluding tert-OH is 1. The Morgan fingerprint density at radius 2 is 1.47 bits per heavy atom. The number of benzene rings is 3. The Morgan fingerprint density at radius 1 is 0.895 bits per heavy atom. The zero-order valence-corrected chi connectivity index (χ0v) is 22.8. The van der Waals surface area contributed by atoms with Gasteiger partial charge in [-0.15, -0.1) is 0 Å². The monoisotopic (exact) mass is 540 g/mol. The van der Waals surface area contributed by atoms with Gasteiger partial charge in [-0.25, -0.2) is 13.2 Å². The van der Waals surface area contributed by atoms with E-state index in [2.05, 4.69) is 5.32 Å². The maximum atomic E-state index is 13.5. The average Bonchev–Trinajstić information content (AvgIpc) is 2.92. The van der Waals surface area contributed by atoms with Crippen LogP contribution >= 0.6 is 0 Å². The first-order chi connectivity index (χ1) is 18.2. The van der Waals surface area contributed by atoms with Gasteiger partial charge in [0.25, 0.3) is 0 Å². The molecular weight excluding hydrogens is 504 g/mol. The molecule has 0 bridgehead atoms. The SMILES string of the molecule is COc1ccc(S(=O)(=O)N(CC(C)C)C[C@H](O)C(Cc2ccccc2)OC(=O)NCc2ccccc2)cc1. The first-order valence-electron chi connectivity index (χ1n) is 12.5. The molecule has 0 radical (unpaired) electrons. The summed E-state index contributed by atoms with van der Waals surface area (Å²) in [5, 5.41) is 14.0. The van der Waals surface area contributed by atoms with Crippen LogP contribution in [-0.2, 0) is 27.7 Å². The second-order valence-corrected chi connectivity index (χ2v) is 11.4. The minimum absolute atomic E-state index is 0.00196. The van der Waals surface area contributed by atoms with Crippen molar-refractivity contribution in [3.8, 4) is 5.75 Å². The smallest absolute Gasteiger partial charge is 0.407 e. The maximum absolute atomic E-state index is 13.5. The second-order valence-electron chi connectivity index (χ2n) is 9.43. The Balaban J connectivity index is 1.79. The molecule has 0 fully saturated rings. The lowest BCUT2D eigenvalue weighted by Crippen LogP contribution is -2.46. The zero-order chi connectivity index (χ0) is 27.5. The third-order valence-electron chi connectivity index (χ3n) is 5.90. The molecule has 9 heteroatoms. The highest BCUT2D eigenvalue weighted by Crippen LogP contribution is 2.22. The fraction of sp³-hybridized carbons (Fsp3) is 0.345. The summed E-state index contributed by atoms with van der Waals surface area (Å²) in [5.74, 6) is 0.537. The Labute approximate surface area is 225 Å². The molecule has 0 aliphatic heterocycles. The summed E-state index contributed by atoms with van der Waals surface area (Å²) < 4.78 is 39.1. The van der Waals surface area contributed by atoms with Crippen molar-refractivity contribution in [1.29, 1.82) is 0 Å². The standard InChI is InChI=1S/C29H36N2O6S/c1-22(2)20-31(38(34,35)26-16-14-25(36-3)15-17-26)21-27(32)28(18-23-10-6-4-7-11-23)37-29(33)30-19-24-12-8-5-9-13-24/h4-17,22,27-28,32H,18-21H2,1-3H3,(H,30,33)/t27-,28?/m0/s1. The average molecular weight is 541 g/mol. The van der Waals surface area contributed by atoms with Gasteiger partial charge in [-0.05, 0) is 41.3 Å². The van der Waals surface area contributed by atoms with Gasteiger partial charge in [0.15, 0.2) is 0 Å². The number of alkyl carbamates (subject to hydrolysis) is 1. The van der Waals surface area contributed by atoms with Crippen molar-refractivity contribution in [3.05, 3.63) is 96.1 Å². The number of carbonyl (C=O) groups is 1. The van der Waals surface area contributed by atoms with Gasteiger partial charge < -0.3 is 19.9 Å². The number of methoxy groups -OCH3 is 1. The molecule has 1 amide bonds. The molecule has 1 unspecified atom stereocenters. The fourth-order valence-electron chi connectivity index (χ4n) is 3.95. The lowest BCUT2D eigenvalue weighted by molar-refractivity contribution is -0.00530. The van der Waals surface area contributed by atoms with Crippen LogP contribution < -0.4 is 10.1 Å². The number of hydrogen-bond acceptors (Lipinski definition) is 6. The summed E-state index contributed by atoms with van der Waals surface area (Å²) in [5.41, 5.74) is 1.75. The lowest BCUT2D eigenvalue weighted by Gasteiger charge is -2.30. The molecule has 0 saturated heterocycles. The van der Waals surface area contributed by atoms with Crippen molar-refractivity contribution in [1.82, 2.24) is 9.62 Å². The van der Waals surface area contributed by atoms with E-state index >= 15 is 0 Å².